The minimum absolute atomic E-state index is 0.0292. The number of H-pyrrole nitrogens is 1. The number of anilines is 1. The van der Waals surface area contributed by atoms with Crippen LogP contribution in [0, 0.1) is 16.0 Å². The number of carbonyl (C=O) groups is 2. The van der Waals surface area contributed by atoms with Crippen molar-refractivity contribution in [2.75, 3.05) is 18.4 Å². The van der Waals surface area contributed by atoms with Crippen molar-refractivity contribution >= 4 is 34.7 Å². The van der Waals surface area contributed by atoms with E-state index in [4.69, 9.17) is 0 Å². The van der Waals surface area contributed by atoms with Crippen molar-refractivity contribution in [3.05, 3.63) is 87.9 Å². The van der Waals surface area contributed by atoms with Crippen LogP contribution in [-0.4, -0.2) is 51.2 Å². The molecule has 10 nitrogen and oxygen atoms in total. The van der Waals surface area contributed by atoms with Gasteiger partial charge in [-0.1, -0.05) is 24.3 Å². The van der Waals surface area contributed by atoms with Crippen molar-refractivity contribution in [2.45, 2.75) is 39.2 Å². The Hall–Kier alpha value is -4.47. The Balaban J connectivity index is 1.57. The predicted octanol–water partition coefficient (Wildman–Crippen LogP) is 4.11. The number of nitro benzene ring substituents is 1. The molecule has 2 atom stereocenters. The molecule has 38 heavy (non-hydrogen) atoms. The Bertz CT molecular complexity index is 1350. The van der Waals surface area contributed by atoms with E-state index in [0.717, 1.165) is 29.0 Å². The number of benzene rings is 2. The van der Waals surface area contributed by atoms with Crippen molar-refractivity contribution in [3.8, 4) is 0 Å². The second-order valence-corrected chi connectivity index (χ2v) is 9.31. The van der Waals surface area contributed by atoms with Crippen molar-refractivity contribution in [1.29, 1.82) is 0 Å². The molecule has 1 aromatic heterocycles. The van der Waals surface area contributed by atoms with Crippen LogP contribution in [0.5, 0.6) is 0 Å². The molecule has 0 aliphatic carbocycles. The zero-order chi connectivity index (χ0) is 27.1. The number of hydrogen-bond acceptors (Lipinski definition) is 6. The van der Waals surface area contributed by atoms with Gasteiger partial charge in [0, 0.05) is 48.9 Å². The molecule has 0 saturated carbocycles. The third-order valence-corrected chi connectivity index (χ3v) is 6.69. The van der Waals surface area contributed by atoms with Crippen molar-refractivity contribution in [2.24, 2.45) is 5.92 Å². The Morgan fingerprint density at radius 2 is 2.11 bits per heavy atom. The van der Waals surface area contributed by atoms with Gasteiger partial charge < -0.3 is 20.5 Å². The van der Waals surface area contributed by atoms with Gasteiger partial charge >= 0.3 is 0 Å². The molecule has 4 rings (SSSR count). The highest BCUT2D eigenvalue weighted by atomic mass is 16.6. The molecule has 1 aliphatic rings. The van der Waals surface area contributed by atoms with Crippen molar-refractivity contribution < 1.29 is 14.5 Å². The number of para-hydroxylation sites is 2. The third-order valence-electron chi connectivity index (χ3n) is 6.69. The van der Waals surface area contributed by atoms with Crippen LogP contribution in [0.1, 0.15) is 31.7 Å². The van der Waals surface area contributed by atoms with Crippen molar-refractivity contribution in [1.82, 2.24) is 20.2 Å². The number of aromatic amines is 1. The van der Waals surface area contributed by atoms with Crippen LogP contribution >= 0.6 is 0 Å². The largest absolute Gasteiger partial charge is 0.377 e. The Morgan fingerprint density at radius 3 is 2.84 bits per heavy atom. The maximum absolute atomic E-state index is 13.3. The summed E-state index contributed by atoms with van der Waals surface area (Å²) in [6, 6.07) is 12.1. The van der Waals surface area contributed by atoms with Crippen LogP contribution in [-0.2, 0) is 22.4 Å². The van der Waals surface area contributed by atoms with Crippen LogP contribution in [0.25, 0.3) is 11.0 Å². The molecule has 1 unspecified atom stereocenters. The van der Waals surface area contributed by atoms with E-state index >= 15 is 0 Å². The van der Waals surface area contributed by atoms with E-state index in [2.05, 4.69) is 20.6 Å². The van der Waals surface area contributed by atoms with Gasteiger partial charge in [0.25, 0.3) is 5.69 Å². The SMILES string of the molecule is C/C=C\C=C1\[C@H](C)Nc2ccc([N+](=O)[O-])cc2CC(C(=O)NCCc2nc3ccccc3[nH]2)CCN1C=O. The quantitative estimate of drug-likeness (QED) is 0.246. The monoisotopic (exact) mass is 516 g/mol. The molecular weight excluding hydrogens is 484 g/mol. The first-order valence-corrected chi connectivity index (χ1v) is 12.7. The van der Waals surface area contributed by atoms with Crippen LogP contribution in [0.3, 0.4) is 0 Å². The number of amides is 2. The highest BCUT2D eigenvalue weighted by Crippen LogP contribution is 2.29. The summed E-state index contributed by atoms with van der Waals surface area (Å²) >= 11 is 0. The summed E-state index contributed by atoms with van der Waals surface area (Å²) < 4.78 is 0. The third kappa shape index (κ3) is 6.26. The van der Waals surface area contributed by atoms with Gasteiger partial charge in [0.15, 0.2) is 0 Å². The molecule has 0 bridgehead atoms. The number of non-ortho nitro benzene ring substituents is 1. The molecule has 2 amide bonds. The standard InChI is InChI=1S/C28H32N6O4/c1-3-4-9-26-19(2)30-23-11-10-22(34(37)38)17-21(23)16-20(13-15-33(26)18-35)28(36)29-14-12-27-31-24-7-5-6-8-25(24)32-27/h3-11,17-20,30H,12-16H2,1-2H3,(H,29,36)(H,31,32)/b4-3-,26-9-/t19-,20?/m0/s1. The maximum Gasteiger partial charge on any atom is 0.269 e. The fourth-order valence-corrected chi connectivity index (χ4v) is 4.70. The molecule has 198 valence electrons. The van der Waals surface area contributed by atoms with Crippen LogP contribution < -0.4 is 10.6 Å². The minimum Gasteiger partial charge on any atom is -0.377 e. The van der Waals surface area contributed by atoms with E-state index in [1.54, 1.807) is 11.0 Å². The molecule has 2 heterocycles. The lowest BCUT2D eigenvalue weighted by molar-refractivity contribution is -0.384. The lowest BCUT2D eigenvalue weighted by Crippen LogP contribution is -2.39. The topological polar surface area (TPSA) is 133 Å². The van der Waals surface area contributed by atoms with E-state index in [0.29, 0.717) is 43.6 Å². The van der Waals surface area contributed by atoms with Crippen molar-refractivity contribution in [3.63, 3.8) is 0 Å². The first-order chi connectivity index (χ1) is 18.4. The molecule has 0 fully saturated rings. The molecule has 1 aliphatic heterocycles. The van der Waals surface area contributed by atoms with E-state index in [1.165, 1.54) is 12.1 Å². The van der Waals surface area contributed by atoms with Crippen LogP contribution in [0.4, 0.5) is 11.4 Å². The molecule has 2 aromatic carbocycles. The van der Waals surface area contributed by atoms with Gasteiger partial charge in [0.1, 0.15) is 5.82 Å². The number of carbonyl (C=O) groups excluding carboxylic acids is 2. The van der Waals surface area contributed by atoms with Gasteiger partial charge in [-0.25, -0.2) is 4.98 Å². The summed E-state index contributed by atoms with van der Waals surface area (Å²) in [6.45, 7) is 4.54. The molecule has 10 heteroatoms. The summed E-state index contributed by atoms with van der Waals surface area (Å²) in [4.78, 5) is 45.8. The van der Waals surface area contributed by atoms with E-state index in [9.17, 15) is 19.7 Å². The Labute approximate surface area is 221 Å². The molecule has 3 N–H and O–H groups in total. The average Bonchev–Trinajstić information content (AvgIpc) is 3.32. The molecule has 3 aromatic rings. The van der Waals surface area contributed by atoms with Gasteiger partial charge in [-0.3, -0.25) is 19.7 Å². The molecule has 0 spiro atoms. The number of fused-ring (bicyclic) bond motifs is 2. The Kier molecular flexibility index (Phi) is 8.52. The zero-order valence-corrected chi connectivity index (χ0v) is 21.5. The van der Waals surface area contributed by atoms with Gasteiger partial charge in [0.05, 0.1) is 22.0 Å². The second kappa shape index (κ2) is 12.2. The first-order valence-electron chi connectivity index (χ1n) is 12.7. The van der Waals surface area contributed by atoms with Crippen LogP contribution in [0.2, 0.25) is 0 Å². The highest BCUT2D eigenvalue weighted by molar-refractivity contribution is 5.79. The fourth-order valence-electron chi connectivity index (χ4n) is 4.70. The number of rotatable bonds is 7. The molecule has 0 radical (unpaired) electrons. The van der Waals surface area contributed by atoms with Crippen LogP contribution in [0.15, 0.2) is 66.4 Å². The normalized spacial score (nSPS) is 19.2. The van der Waals surface area contributed by atoms with E-state index in [1.807, 2.05) is 56.3 Å². The first kappa shape index (κ1) is 26.6. The number of aromatic nitrogens is 2. The summed E-state index contributed by atoms with van der Waals surface area (Å²) in [7, 11) is 0. The highest BCUT2D eigenvalue weighted by Gasteiger charge is 2.26. The summed E-state index contributed by atoms with van der Waals surface area (Å²) in [5.74, 6) is 0.117. The zero-order valence-electron chi connectivity index (χ0n) is 21.5. The van der Waals surface area contributed by atoms with Gasteiger partial charge in [-0.05, 0) is 56.5 Å². The second-order valence-electron chi connectivity index (χ2n) is 9.31. The van der Waals surface area contributed by atoms with Gasteiger partial charge in [-0.2, -0.15) is 0 Å². The number of nitrogens with one attached hydrogen (secondary N) is 3. The smallest absolute Gasteiger partial charge is 0.269 e. The maximum atomic E-state index is 13.3. The lowest BCUT2D eigenvalue weighted by Gasteiger charge is -2.31. The van der Waals surface area contributed by atoms with Gasteiger partial charge in [-0.15, -0.1) is 0 Å². The fraction of sp³-hybridized carbons (Fsp3) is 0.321. The predicted molar refractivity (Wildman–Crippen MR) is 146 cm³/mol. The van der Waals surface area contributed by atoms with E-state index < -0.39 is 10.8 Å². The number of hydrogen-bond donors (Lipinski definition) is 3. The van der Waals surface area contributed by atoms with Gasteiger partial charge in [0.2, 0.25) is 12.3 Å². The number of nitro groups is 1. The number of nitrogens with zero attached hydrogens (tertiary/aromatic N) is 3. The summed E-state index contributed by atoms with van der Waals surface area (Å²) in [5.41, 5.74) is 3.91. The average molecular weight is 517 g/mol. The Morgan fingerprint density at radius 1 is 1.29 bits per heavy atom. The lowest BCUT2D eigenvalue weighted by atomic mass is 9.92. The molecule has 0 saturated heterocycles. The number of imidazole rings is 1. The molecular formula is C28H32N6O4. The summed E-state index contributed by atoms with van der Waals surface area (Å²) in [6.07, 6.45) is 7.60. The van der Waals surface area contributed by atoms with E-state index in [-0.39, 0.29) is 17.6 Å². The minimum atomic E-state index is -0.493. The number of allylic oxidation sites excluding steroid dienone is 3. The summed E-state index contributed by atoms with van der Waals surface area (Å²) in [5, 5.41) is 17.9.